The maximum Gasteiger partial charge on any atom is 0.303 e. The van der Waals surface area contributed by atoms with Crippen LogP contribution < -0.4 is 10.5 Å². The first-order valence-electron chi connectivity index (χ1n) is 14.2. The molecule has 0 aliphatic carbocycles. The van der Waals surface area contributed by atoms with Crippen LogP contribution in [0.3, 0.4) is 0 Å². The average molecular weight is 573 g/mol. The van der Waals surface area contributed by atoms with Crippen LogP contribution in [0, 0.1) is 18.3 Å². The number of piperidine rings is 1. The predicted molar refractivity (Wildman–Crippen MR) is 161 cm³/mol. The molecule has 8 nitrogen and oxygen atoms in total. The van der Waals surface area contributed by atoms with Crippen molar-refractivity contribution < 1.29 is 14.7 Å². The van der Waals surface area contributed by atoms with E-state index in [1.54, 1.807) is 16.4 Å². The molecule has 10 heteroatoms. The minimum Gasteiger partial charge on any atom is -0.481 e. The van der Waals surface area contributed by atoms with Crippen molar-refractivity contribution in [2.24, 2.45) is 0 Å². The van der Waals surface area contributed by atoms with Crippen molar-refractivity contribution in [2.75, 3.05) is 24.5 Å². The highest BCUT2D eigenvalue weighted by atomic mass is 32.2. The smallest absolute Gasteiger partial charge is 0.303 e. The normalized spacial score (nSPS) is 16.8. The van der Waals surface area contributed by atoms with Crippen LogP contribution in [0.5, 0.6) is 0 Å². The van der Waals surface area contributed by atoms with Gasteiger partial charge >= 0.3 is 5.97 Å². The zero-order chi connectivity index (χ0) is 28.4. The third kappa shape index (κ3) is 7.95. The zero-order valence-corrected chi connectivity index (χ0v) is 24.8. The Hall–Kier alpha value is -2.64. The summed E-state index contributed by atoms with van der Waals surface area (Å²) in [5.74, 6) is -0.0397. The second-order valence-corrected chi connectivity index (χ2v) is 11.9. The van der Waals surface area contributed by atoms with Crippen LogP contribution in [0.1, 0.15) is 101 Å². The van der Waals surface area contributed by atoms with E-state index >= 15 is 0 Å². The average Bonchev–Trinajstić information content (AvgIpc) is 3.18. The first-order valence-corrected chi connectivity index (χ1v) is 15.4. The molecule has 2 saturated heterocycles. The Morgan fingerprint density at radius 1 is 1.05 bits per heavy atom. The molecular formula is C29H40N4O4S2. The minimum absolute atomic E-state index is 0.111. The van der Waals surface area contributed by atoms with Gasteiger partial charge in [-0.05, 0) is 57.6 Å². The van der Waals surface area contributed by atoms with Gasteiger partial charge in [-0.2, -0.15) is 5.26 Å². The number of carboxylic acids is 1. The van der Waals surface area contributed by atoms with Gasteiger partial charge in [0.05, 0.1) is 4.91 Å². The summed E-state index contributed by atoms with van der Waals surface area (Å²) in [7, 11) is 0. The summed E-state index contributed by atoms with van der Waals surface area (Å²) < 4.78 is 2.22. The number of amides is 1. The van der Waals surface area contributed by atoms with Gasteiger partial charge in [-0.25, -0.2) is 0 Å². The number of hydrogen-bond acceptors (Lipinski definition) is 7. The number of anilines is 1. The highest BCUT2D eigenvalue weighted by Gasteiger charge is 2.33. The van der Waals surface area contributed by atoms with Crippen molar-refractivity contribution in [3.63, 3.8) is 0 Å². The molecule has 2 aliphatic heterocycles. The molecule has 212 valence electrons. The molecule has 0 aromatic carbocycles. The number of rotatable bonds is 14. The second-order valence-electron chi connectivity index (χ2n) is 10.3. The van der Waals surface area contributed by atoms with Crippen molar-refractivity contribution in [3.8, 4) is 6.07 Å². The lowest BCUT2D eigenvalue weighted by molar-refractivity contribution is -0.137. The maximum absolute atomic E-state index is 13.4. The lowest BCUT2D eigenvalue weighted by Crippen LogP contribution is -2.37. The van der Waals surface area contributed by atoms with Crippen molar-refractivity contribution in [1.82, 2.24) is 9.47 Å². The van der Waals surface area contributed by atoms with E-state index in [0.29, 0.717) is 27.9 Å². The summed E-state index contributed by atoms with van der Waals surface area (Å²) in [6, 6.07) is 2.09. The predicted octanol–water partition coefficient (Wildman–Crippen LogP) is 5.84. The Balaban J connectivity index is 1.68. The Morgan fingerprint density at radius 2 is 1.67 bits per heavy atom. The molecule has 2 aliphatic rings. The molecule has 1 aromatic rings. The summed E-state index contributed by atoms with van der Waals surface area (Å²) in [4.78, 5) is 41.5. The van der Waals surface area contributed by atoms with E-state index in [9.17, 15) is 19.6 Å². The maximum atomic E-state index is 13.4. The second kappa shape index (κ2) is 15.2. The van der Waals surface area contributed by atoms with E-state index in [1.807, 2.05) is 13.0 Å². The fourth-order valence-electron chi connectivity index (χ4n) is 5.31. The molecule has 0 radical (unpaired) electrons. The topological polar surface area (TPSA) is 107 Å². The number of carbonyl (C=O) groups excluding carboxylic acids is 1. The van der Waals surface area contributed by atoms with Crippen molar-refractivity contribution in [2.45, 2.75) is 97.4 Å². The number of pyridine rings is 1. The minimum atomic E-state index is -0.727. The molecule has 0 atom stereocenters. The van der Waals surface area contributed by atoms with Gasteiger partial charge in [-0.15, -0.1) is 0 Å². The Kier molecular flexibility index (Phi) is 12.1. The van der Waals surface area contributed by atoms with Crippen LogP contribution in [0.25, 0.3) is 6.08 Å². The zero-order valence-electron chi connectivity index (χ0n) is 23.2. The number of carboxylic acid groups (broad SMARTS) is 1. The number of unbranched alkanes of at least 4 members (excludes halogenated alkanes) is 7. The van der Waals surface area contributed by atoms with Crippen LogP contribution in [0.2, 0.25) is 0 Å². The highest BCUT2D eigenvalue weighted by molar-refractivity contribution is 8.26. The Bertz CT molecular complexity index is 1200. The van der Waals surface area contributed by atoms with Gasteiger partial charge in [0.25, 0.3) is 11.5 Å². The highest BCUT2D eigenvalue weighted by Crippen LogP contribution is 2.36. The Labute approximate surface area is 241 Å². The van der Waals surface area contributed by atoms with E-state index in [1.165, 1.54) is 11.8 Å². The van der Waals surface area contributed by atoms with Gasteiger partial charge < -0.3 is 10.0 Å². The summed E-state index contributed by atoms with van der Waals surface area (Å²) in [6.45, 7) is 6.42. The lowest BCUT2D eigenvalue weighted by atomic mass is 10.0. The van der Waals surface area contributed by atoms with Gasteiger partial charge in [0.1, 0.15) is 21.8 Å². The number of carbonyl (C=O) groups is 2. The van der Waals surface area contributed by atoms with Gasteiger partial charge in [0.15, 0.2) is 0 Å². The first-order chi connectivity index (χ1) is 18.8. The molecule has 0 bridgehead atoms. The number of aliphatic carboxylic acids is 1. The number of thiocarbonyl (C=S) groups is 1. The van der Waals surface area contributed by atoms with Crippen molar-refractivity contribution in [3.05, 3.63) is 31.9 Å². The fourth-order valence-corrected chi connectivity index (χ4v) is 6.60. The Morgan fingerprint density at radius 3 is 2.26 bits per heavy atom. The largest absolute Gasteiger partial charge is 0.481 e. The molecule has 3 rings (SSSR count). The summed E-state index contributed by atoms with van der Waals surface area (Å²) in [6.07, 6.45) is 13.3. The van der Waals surface area contributed by atoms with Crippen LogP contribution in [-0.2, 0) is 16.1 Å². The lowest BCUT2D eigenvalue weighted by Gasteiger charge is -2.33. The molecule has 2 fully saturated rings. The quantitative estimate of drug-likeness (QED) is 0.168. The van der Waals surface area contributed by atoms with Gasteiger partial charge in [-0.3, -0.25) is 23.9 Å². The molecule has 3 heterocycles. The molecule has 0 unspecified atom stereocenters. The van der Waals surface area contributed by atoms with Crippen molar-refractivity contribution >= 4 is 52.1 Å². The van der Waals surface area contributed by atoms with Gasteiger partial charge in [0, 0.05) is 38.2 Å². The van der Waals surface area contributed by atoms with Crippen LogP contribution in [0.15, 0.2) is 9.70 Å². The molecule has 1 N–H and O–H groups in total. The van der Waals surface area contributed by atoms with Crippen LogP contribution in [-0.4, -0.2) is 50.4 Å². The molecular weight excluding hydrogens is 532 g/mol. The van der Waals surface area contributed by atoms with Gasteiger partial charge in [-0.1, -0.05) is 62.5 Å². The third-order valence-corrected chi connectivity index (χ3v) is 8.87. The molecule has 1 amide bonds. The number of nitrogens with zero attached hydrogens (tertiary/aromatic N) is 4. The third-order valence-electron chi connectivity index (χ3n) is 7.49. The molecule has 1 aromatic heterocycles. The summed E-state index contributed by atoms with van der Waals surface area (Å²) in [5, 5.41) is 18.4. The van der Waals surface area contributed by atoms with Crippen molar-refractivity contribution in [1.29, 1.82) is 5.26 Å². The van der Waals surface area contributed by atoms with E-state index in [0.717, 1.165) is 95.1 Å². The number of nitriles is 1. The van der Waals surface area contributed by atoms with E-state index in [2.05, 4.69) is 11.0 Å². The number of thioether (sulfide) groups is 1. The standard InChI is InChI=1S/C29H40N4O4S2/c1-3-32-26(31-16-12-10-13-17-31)22(21(2)23(20-30)27(32)36)19-24-28(37)33(29(38)39-24)18-14-9-7-5-4-6-8-11-15-25(34)35/h19H,3-18H2,1-2H3,(H,34,35)/b24-19-. The molecule has 0 saturated carbocycles. The van der Waals surface area contributed by atoms with Crippen LogP contribution >= 0.6 is 24.0 Å². The number of hydrogen-bond donors (Lipinski definition) is 1. The van der Waals surface area contributed by atoms with Crippen LogP contribution in [0.4, 0.5) is 5.82 Å². The van der Waals surface area contributed by atoms with E-state index < -0.39 is 5.97 Å². The SMILES string of the molecule is CCn1c(N2CCCCC2)c(/C=C2\SC(=S)N(CCCCCCCCCCC(=O)O)C2=O)c(C)c(C#N)c1=O. The fraction of sp³-hybridized carbons (Fsp3) is 0.621. The first kappa shape index (κ1) is 30.9. The van der Waals surface area contributed by atoms with Gasteiger partial charge in [0.2, 0.25) is 0 Å². The monoisotopic (exact) mass is 572 g/mol. The summed E-state index contributed by atoms with van der Waals surface area (Å²) >= 11 is 6.86. The van der Waals surface area contributed by atoms with E-state index in [4.69, 9.17) is 17.3 Å². The summed E-state index contributed by atoms with van der Waals surface area (Å²) in [5.41, 5.74) is 1.23. The molecule has 39 heavy (non-hydrogen) atoms. The molecule has 0 spiro atoms. The number of aromatic nitrogens is 1. The van der Waals surface area contributed by atoms with E-state index in [-0.39, 0.29) is 23.5 Å².